The SMILES string of the molecule is CCOC(=O)CN(C(=O)OCC)c1cc(Cl)c(Oc2ccc(OCc3ccccc3)c(OCC(C)C)c2)c(Cl)c1. The maximum atomic E-state index is 12.6. The molecule has 0 saturated carbocycles. The molecule has 0 aliphatic rings. The highest BCUT2D eigenvalue weighted by molar-refractivity contribution is 6.37. The average Bonchev–Trinajstić information content (AvgIpc) is 2.92. The van der Waals surface area contributed by atoms with Gasteiger partial charge in [0, 0.05) is 6.07 Å². The molecule has 0 aromatic heterocycles. The average molecular weight is 591 g/mol. The lowest BCUT2D eigenvalue weighted by molar-refractivity contribution is -0.141. The zero-order valence-electron chi connectivity index (χ0n) is 22.9. The van der Waals surface area contributed by atoms with Gasteiger partial charge in [-0.3, -0.25) is 9.69 Å². The van der Waals surface area contributed by atoms with Crippen molar-refractivity contribution in [1.82, 2.24) is 0 Å². The van der Waals surface area contributed by atoms with E-state index < -0.39 is 12.1 Å². The van der Waals surface area contributed by atoms with Crippen LogP contribution >= 0.6 is 23.2 Å². The fourth-order valence-electron chi connectivity index (χ4n) is 3.49. The molecule has 3 aromatic rings. The maximum absolute atomic E-state index is 12.6. The summed E-state index contributed by atoms with van der Waals surface area (Å²) in [6, 6.07) is 17.9. The number of carbonyl (C=O) groups excluding carboxylic acids is 2. The van der Waals surface area contributed by atoms with Crippen LogP contribution in [0.25, 0.3) is 0 Å². The number of ether oxygens (including phenoxy) is 5. The van der Waals surface area contributed by atoms with Gasteiger partial charge in [0.2, 0.25) is 0 Å². The van der Waals surface area contributed by atoms with E-state index in [9.17, 15) is 9.59 Å². The molecule has 0 radical (unpaired) electrons. The molecule has 0 unspecified atom stereocenters. The first-order valence-electron chi connectivity index (χ1n) is 12.9. The molecule has 1 amide bonds. The molecular weight excluding hydrogens is 557 g/mol. The number of hydrogen-bond acceptors (Lipinski definition) is 7. The fraction of sp³-hybridized carbons (Fsp3) is 0.333. The third kappa shape index (κ3) is 8.96. The normalized spacial score (nSPS) is 10.7. The molecule has 0 N–H and O–H groups in total. The summed E-state index contributed by atoms with van der Waals surface area (Å²) in [4.78, 5) is 25.8. The summed E-state index contributed by atoms with van der Waals surface area (Å²) in [5, 5.41) is 0.240. The van der Waals surface area contributed by atoms with E-state index in [-0.39, 0.29) is 41.2 Å². The summed E-state index contributed by atoms with van der Waals surface area (Å²) in [5.74, 6) is 1.34. The van der Waals surface area contributed by atoms with Crippen LogP contribution in [0.3, 0.4) is 0 Å². The van der Waals surface area contributed by atoms with Crippen molar-refractivity contribution < 1.29 is 33.3 Å². The molecule has 0 aliphatic carbocycles. The lowest BCUT2D eigenvalue weighted by Gasteiger charge is -2.22. The lowest BCUT2D eigenvalue weighted by atomic mass is 10.2. The van der Waals surface area contributed by atoms with Crippen LogP contribution in [-0.4, -0.2) is 38.4 Å². The molecule has 0 bridgehead atoms. The van der Waals surface area contributed by atoms with Crippen LogP contribution in [0.15, 0.2) is 60.7 Å². The quantitative estimate of drug-likeness (QED) is 0.187. The number of hydrogen-bond donors (Lipinski definition) is 0. The minimum absolute atomic E-state index is 0.118. The minimum atomic E-state index is -0.741. The van der Waals surface area contributed by atoms with E-state index in [1.165, 1.54) is 12.1 Å². The van der Waals surface area contributed by atoms with E-state index in [4.69, 9.17) is 46.9 Å². The van der Waals surface area contributed by atoms with Crippen molar-refractivity contribution >= 4 is 41.0 Å². The molecular formula is C30H33Cl2NO7. The first kappa shape index (κ1) is 30.9. The lowest BCUT2D eigenvalue weighted by Crippen LogP contribution is -2.37. The molecule has 40 heavy (non-hydrogen) atoms. The van der Waals surface area contributed by atoms with Gasteiger partial charge in [0.25, 0.3) is 0 Å². The smallest absolute Gasteiger partial charge is 0.414 e. The second-order valence-corrected chi connectivity index (χ2v) is 9.83. The largest absolute Gasteiger partial charge is 0.489 e. The second kappa shape index (κ2) is 15.2. The van der Waals surface area contributed by atoms with Gasteiger partial charge >= 0.3 is 12.1 Å². The predicted molar refractivity (Wildman–Crippen MR) is 155 cm³/mol. The monoisotopic (exact) mass is 589 g/mol. The number of rotatable bonds is 13. The Morgan fingerprint density at radius 1 is 0.850 bits per heavy atom. The van der Waals surface area contributed by atoms with Crippen LogP contribution < -0.4 is 19.1 Å². The Hall–Kier alpha value is -3.62. The van der Waals surface area contributed by atoms with Gasteiger partial charge in [0.05, 0.1) is 35.6 Å². The van der Waals surface area contributed by atoms with Gasteiger partial charge in [0.15, 0.2) is 17.2 Å². The highest BCUT2D eigenvalue weighted by Gasteiger charge is 2.24. The summed E-state index contributed by atoms with van der Waals surface area (Å²) in [5.41, 5.74) is 1.27. The number of nitrogens with zero attached hydrogens (tertiary/aromatic N) is 1. The Morgan fingerprint density at radius 2 is 1.52 bits per heavy atom. The number of amides is 1. The van der Waals surface area contributed by atoms with Crippen molar-refractivity contribution in [3.05, 3.63) is 76.3 Å². The molecule has 10 heteroatoms. The van der Waals surface area contributed by atoms with E-state index in [0.29, 0.717) is 36.4 Å². The first-order chi connectivity index (χ1) is 19.2. The Morgan fingerprint density at radius 3 is 2.15 bits per heavy atom. The van der Waals surface area contributed by atoms with Gasteiger partial charge in [-0.05, 0) is 49.6 Å². The molecule has 214 valence electrons. The molecule has 8 nitrogen and oxygen atoms in total. The molecule has 0 spiro atoms. The molecule has 0 fully saturated rings. The summed E-state index contributed by atoms with van der Waals surface area (Å²) >= 11 is 13.1. The number of halogens is 2. The number of carbonyl (C=O) groups is 2. The topological polar surface area (TPSA) is 83.5 Å². The number of esters is 1. The molecule has 0 heterocycles. The van der Waals surface area contributed by atoms with Crippen LogP contribution in [0.5, 0.6) is 23.0 Å². The Balaban J connectivity index is 1.86. The number of anilines is 1. The van der Waals surface area contributed by atoms with Gasteiger partial charge in [-0.25, -0.2) is 4.79 Å². The van der Waals surface area contributed by atoms with Crippen molar-refractivity contribution in [1.29, 1.82) is 0 Å². The summed E-state index contributed by atoms with van der Waals surface area (Å²) < 4.78 is 28.1. The van der Waals surface area contributed by atoms with Gasteiger partial charge in [-0.15, -0.1) is 0 Å². The molecule has 0 saturated heterocycles. The summed E-state index contributed by atoms with van der Waals surface area (Å²) in [6.45, 7) is 8.20. The molecule has 3 rings (SSSR count). The van der Waals surface area contributed by atoms with Gasteiger partial charge in [0.1, 0.15) is 18.9 Å². The molecule has 0 atom stereocenters. The summed E-state index contributed by atoms with van der Waals surface area (Å²) in [6.07, 6.45) is -0.741. The Bertz CT molecular complexity index is 1260. The van der Waals surface area contributed by atoms with Crippen LogP contribution in [0.4, 0.5) is 10.5 Å². The third-order valence-corrected chi connectivity index (χ3v) is 5.88. The van der Waals surface area contributed by atoms with Crippen LogP contribution in [0.2, 0.25) is 10.0 Å². The van der Waals surface area contributed by atoms with E-state index in [1.807, 2.05) is 44.2 Å². The van der Waals surface area contributed by atoms with Crippen LogP contribution in [0.1, 0.15) is 33.3 Å². The van der Waals surface area contributed by atoms with Crippen molar-refractivity contribution in [2.24, 2.45) is 5.92 Å². The predicted octanol–water partition coefficient (Wildman–Crippen LogP) is 7.93. The highest BCUT2D eigenvalue weighted by atomic mass is 35.5. The van der Waals surface area contributed by atoms with Crippen molar-refractivity contribution in [3.63, 3.8) is 0 Å². The highest BCUT2D eigenvalue weighted by Crippen LogP contribution is 2.42. The Labute approximate surface area is 244 Å². The van der Waals surface area contributed by atoms with Gasteiger partial charge < -0.3 is 23.7 Å². The number of benzene rings is 3. The second-order valence-electron chi connectivity index (χ2n) is 9.02. The first-order valence-corrected chi connectivity index (χ1v) is 13.7. The zero-order chi connectivity index (χ0) is 29.1. The minimum Gasteiger partial charge on any atom is -0.489 e. The fourth-order valence-corrected chi connectivity index (χ4v) is 4.04. The van der Waals surface area contributed by atoms with Gasteiger partial charge in [-0.1, -0.05) is 67.4 Å². The zero-order valence-corrected chi connectivity index (χ0v) is 24.5. The van der Waals surface area contributed by atoms with E-state index in [0.717, 1.165) is 10.5 Å². The summed E-state index contributed by atoms with van der Waals surface area (Å²) in [7, 11) is 0. The van der Waals surface area contributed by atoms with Crippen LogP contribution in [-0.2, 0) is 20.9 Å². The molecule has 3 aromatic carbocycles. The van der Waals surface area contributed by atoms with Gasteiger partial charge in [-0.2, -0.15) is 0 Å². The standard InChI is InChI=1S/C30H33Cl2NO7/c1-5-36-28(34)17-33(30(35)37-6-2)22-14-24(31)29(25(32)15-22)40-23-12-13-26(27(16-23)38-18-20(3)4)39-19-21-10-8-7-9-11-21/h7-16,20H,5-6,17-19H2,1-4H3. The van der Waals surface area contributed by atoms with Crippen molar-refractivity contribution in [3.8, 4) is 23.0 Å². The van der Waals surface area contributed by atoms with E-state index in [2.05, 4.69) is 0 Å². The van der Waals surface area contributed by atoms with E-state index >= 15 is 0 Å². The third-order valence-electron chi connectivity index (χ3n) is 5.32. The Kier molecular flexibility index (Phi) is 11.8. The maximum Gasteiger partial charge on any atom is 0.414 e. The molecule has 0 aliphatic heterocycles. The van der Waals surface area contributed by atoms with Crippen molar-refractivity contribution in [2.45, 2.75) is 34.3 Å². The van der Waals surface area contributed by atoms with Crippen molar-refractivity contribution in [2.75, 3.05) is 31.3 Å². The van der Waals surface area contributed by atoms with Crippen LogP contribution in [0, 0.1) is 5.92 Å². The van der Waals surface area contributed by atoms with E-state index in [1.54, 1.807) is 32.0 Å².